The van der Waals surface area contributed by atoms with Crippen molar-refractivity contribution in [2.45, 2.75) is 146 Å². The predicted octanol–water partition coefficient (Wildman–Crippen LogP) is 18.2. The molecule has 3 N–H and O–H groups in total. The molecule has 123 heavy (non-hydrogen) atoms. The molecular formula is C89H85Cl3N18O10S3. The first-order valence-electron chi connectivity index (χ1n) is 39.8. The summed E-state index contributed by atoms with van der Waals surface area (Å²) in [6.07, 6.45) is 0.210. The number of methoxy groups -OCH3 is 1. The van der Waals surface area contributed by atoms with E-state index in [1.807, 2.05) is 183 Å². The van der Waals surface area contributed by atoms with E-state index in [0.717, 1.165) is 133 Å². The smallest absolute Gasteiger partial charge is 0.258 e. The molecule has 6 aliphatic rings. The number of thiophene rings is 3. The molecule has 0 saturated carbocycles. The summed E-state index contributed by atoms with van der Waals surface area (Å²) in [6.45, 7) is 26.3. The topological polar surface area (TPSA) is 318 Å². The summed E-state index contributed by atoms with van der Waals surface area (Å²) in [5, 5.41) is 52.8. The third kappa shape index (κ3) is 17.6. The molecule has 6 aromatic heterocycles. The zero-order valence-electron chi connectivity index (χ0n) is 69.4. The fourth-order valence-electron chi connectivity index (χ4n) is 15.0. The Kier molecular flexibility index (Phi) is 24.8. The SMILES string of the molecule is CCO/N=C1/OCc2cc(NC(=O)C[C@@H]3N=C(c4ccc(Cl)cc4)c4c(sc(C)c4C)-n4c(C)nnc43)ccc21.COCCO/N=C1/OCc2cc(NC(=O)C[C@@H]3N=C(c4ccc(Cl)cc4)c4c(sc(C)c4C)-n4c(C)nnc43)ccc21.Cc1sc2c(c1C)C(c1ccc(Cl)cc1)=N[C@@H](CC(=O)Nc1ccc3c(c1)CO/C3=N/OC(C)C)c1nnc(C)n1-2. The molecule has 3 amide bonds. The van der Waals surface area contributed by atoms with Crippen molar-refractivity contribution in [3.8, 4) is 15.0 Å². The molecule has 28 nitrogen and oxygen atoms in total. The van der Waals surface area contributed by atoms with Gasteiger partial charge in [0.1, 0.15) is 89.7 Å². The first kappa shape index (κ1) is 84.5. The van der Waals surface area contributed by atoms with Crippen LogP contribution in [-0.4, -0.2) is 130 Å². The van der Waals surface area contributed by atoms with Gasteiger partial charge in [-0.15, -0.1) is 64.6 Å². The highest BCUT2D eigenvalue weighted by molar-refractivity contribution is 7.16. The van der Waals surface area contributed by atoms with Crippen molar-refractivity contribution in [3.63, 3.8) is 0 Å². The van der Waals surface area contributed by atoms with Crippen LogP contribution in [0.15, 0.2) is 158 Å². The Labute approximate surface area is 735 Å². The van der Waals surface area contributed by atoms with E-state index in [4.69, 9.17) is 83.2 Å². The first-order valence-corrected chi connectivity index (χ1v) is 43.3. The number of hydrogen-bond acceptors (Lipinski definition) is 25. The molecule has 12 heterocycles. The lowest BCUT2D eigenvalue weighted by Crippen LogP contribution is -2.17. The van der Waals surface area contributed by atoms with Crippen LogP contribution in [0.5, 0.6) is 0 Å². The molecule has 0 unspecified atom stereocenters. The number of fused-ring (bicyclic) bond motifs is 12. The maximum absolute atomic E-state index is 13.5. The highest BCUT2D eigenvalue weighted by Gasteiger charge is 2.38. The van der Waals surface area contributed by atoms with Gasteiger partial charge < -0.3 is 49.4 Å². The molecule has 0 spiro atoms. The number of benzene rings is 6. The number of aromatic nitrogens is 9. The van der Waals surface area contributed by atoms with Gasteiger partial charge in [-0.1, -0.05) is 71.2 Å². The fraction of sp³-hybridized carbons (Fsp3) is 0.292. The van der Waals surface area contributed by atoms with Gasteiger partial charge in [-0.05, 0) is 206 Å². The van der Waals surface area contributed by atoms with E-state index < -0.39 is 18.1 Å². The van der Waals surface area contributed by atoms with E-state index in [-0.39, 0.29) is 43.1 Å². The molecule has 34 heteroatoms. The number of carbonyl (C=O) groups is 3. The minimum Gasteiger partial charge on any atom is -0.470 e. The van der Waals surface area contributed by atoms with Crippen molar-refractivity contribution in [2.75, 3.05) is 42.9 Å². The number of ether oxygens (including phenoxy) is 4. The van der Waals surface area contributed by atoms with Crippen molar-refractivity contribution in [1.82, 2.24) is 44.3 Å². The van der Waals surface area contributed by atoms with Crippen LogP contribution in [0.2, 0.25) is 15.1 Å². The molecule has 6 aromatic carbocycles. The second-order valence-electron chi connectivity index (χ2n) is 30.0. The van der Waals surface area contributed by atoms with Gasteiger partial charge >= 0.3 is 0 Å². The molecule has 0 saturated heterocycles. The van der Waals surface area contributed by atoms with E-state index >= 15 is 0 Å². The molecule has 630 valence electrons. The maximum Gasteiger partial charge on any atom is 0.258 e. The van der Waals surface area contributed by atoms with Gasteiger partial charge in [0.25, 0.3) is 17.7 Å². The monoisotopic (exact) mass is 1770 g/mol. The largest absolute Gasteiger partial charge is 0.470 e. The van der Waals surface area contributed by atoms with E-state index in [1.54, 1.807) is 41.1 Å². The van der Waals surface area contributed by atoms with E-state index in [2.05, 4.69) is 104 Å². The number of halogens is 3. The lowest BCUT2D eigenvalue weighted by Gasteiger charge is -2.13. The summed E-state index contributed by atoms with van der Waals surface area (Å²) >= 11 is 23.6. The number of rotatable bonds is 20. The molecule has 0 bridgehead atoms. The van der Waals surface area contributed by atoms with Gasteiger partial charge in [0.15, 0.2) is 17.5 Å². The highest BCUT2D eigenvalue weighted by Crippen LogP contribution is 2.45. The Morgan fingerprint density at radius 2 is 0.764 bits per heavy atom. The Hall–Kier alpha value is -12.1. The van der Waals surface area contributed by atoms with Crippen LogP contribution in [0.25, 0.3) is 15.0 Å². The number of hydrogen-bond donors (Lipinski definition) is 3. The lowest BCUT2D eigenvalue weighted by molar-refractivity contribution is -0.117. The van der Waals surface area contributed by atoms with E-state index in [0.29, 0.717) is 107 Å². The molecule has 0 fully saturated rings. The van der Waals surface area contributed by atoms with Crippen molar-refractivity contribution in [1.29, 1.82) is 0 Å². The summed E-state index contributed by atoms with van der Waals surface area (Å²) in [4.78, 5) is 75.1. The molecule has 18 rings (SSSR count). The summed E-state index contributed by atoms with van der Waals surface area (Å²) in [7, 11) is 1.60. The second-order valence-corrected chi connectivity index (χ2v) is 35.0. The first-order chi connectivity index (χ1) is 59.4. The van der Waals surface area contributed by atoms with Crippen LogP contribution in [-0.2, 0) is 67.7 Å². The maximum atomic E-state index is 13.5. The number of oxime groups is 3. The minimum atomic E-state index is -0.558. The molecular weight excluding hydrogens is 1680 g/mol. The van der Waals surface area contributed by atoms with Gasteiger partial charge in [0.05, 0.1) is 43.0 Å². The highest BCUT2D eigenvalue weighted by atomic mass is 35.5. The van der Waals surface area contributed by atoms with Crippen molar-refractivity contribution >= 4 is 138 Å². The second kappa shape index (κ2) is 36.1. The third-order valence-electron chi connectivity index (χ3n) is 21.3. The quantitative estimate of drug-likeness (QED) is 0.0471. The number of anilines is 3. The molecule has 0 aliphatic carbocycles. The van der Waals surface area contributed by atoms with Crippen LogP contribution >= 0.6 is 68.8 Å². The standard InChI is InChI=1S/C30H29ClN6O4S.C30H29ClN6O3S.C29H27ClN6O3S/c1-16-17(2)42-30-26(16)27(19-5-7-21(31)8-6-19)33-24(28-35-34-18(3)37(28)30)14-25(38)32-22-9-10-23-20(13-22)15-40-29(23)36-41-12-11-39-4;1-15(2)40-36-29-23-11-10-22(12-20(23)14-39-29)32-25(38)13-24-28-35-34-18(5)37(28)30-26(16(3)17(4)41-30)27(33-24)19-6-8-21(31)9-7-19;1-5-39-35-28-22-11-10-21(12-19(22)14-38-28)31-24(37)13-23-27-34-33-17(4)36(27)29-25(15(2)16(3)40-29)26(32-23)18-6-8-20(30)9-7-18/h5-10,13,24H,11-12,14-15H2,1-4H3,(H,32,38);6-12,15,24H,13-14H2,1-5H3,(H,32,38);6-12,23H,5,13-14H2,1-4H3,(H,31,37)/b2*36-29+;35-28+/t2*24-;23-/m000/s1. The van der Waals surface area contributed by atoms with Gasteiger partial charge in [-0.25, -0.2) is 0 Å². The zero-order chi connectivity index (χ0) is 86.2. The summed E-state index contributed by atoms with van der Waals surface area (Å²) in [5.74, 6) is 4.89. The van der Waals surface area contributed by atoms with Gasteiger partial charge in [0.2, 0.25) is 17.7 Å². The zero-order valence-corrected chi connectivity index (χ0v) is 74.2. The van der Waals surface area contributed by atoms with Crippen molar-refractivity contribution < 1.29 is 47.8 Å². The molecule has 12 aromatic rings. The normalized spacial score (nSPS) is 16.4. The Balaban J connectivity index is 0.000000137. The lowest BCUT2D eigenvalue weighted by atomic mass is 9.99. The average molecular weight is 1770 g/mol. The van der Waals surface area contributed by atoms with Gasteiger partial charge in [-0.2, -0.15) is 0 Å². The average Bonchev–Trinajstić information content (AvgIpc) is 1.60. The van der Waals surface area contributed by atoms with Crippen molar-refractivity contribution in [3.05, 3.63) is 275 Å². The van der Waals surface area contributed by atoms with Crippen LogP contribution < -0.4 is 16.0 Å². The van der Waals surface area contributed by atoms with Crippen LogP contribution in [0, 0.1) is 62.3 Å². The van der Waals surface area contributed by atoms with Crippen LogP contribution in [0.1, 0.15) is 191 Å². The fourth-order valence-corrected chi connectivity index (χ4v) is 19.0. The summed E-state index contributed by atoms with van der Waals surface area (Å²) in [5.41, 5.74) is 19.0. The molecule has 0 radical (unpaired) electrons. The Bertz CT molecular complexity index is 6330. The number of aryl methyl sites for hydroxylation is 6. The number of aliphatic imine (C=N–C) groups is 3. The minimum absolute atomic E-state index is 0.0472. The summed E-state index contributed by atoms with van der Waals surface area (Å²) in [6, 6.07) is 38.0. The van der Waals surface area contributed by atoms with Gasteiger partial charge in [-0.3, -0.25) is 43.1 Å². The molecule has 3 atom stereocenters. The Morgan fingerprint density at radius 1 is 0.447 bits per heavy atom. The number of carbonyl (C=O) groups excluding carboxylic acids is 3. The Morgan fingerprint density at radius 3 is 1.07 bits per heavy atom. The number of nitrogens with zero attached hydrogens (tertiary/aromatic N) is 15. The predicted molar refractivity (Wildman–Crippen MR) is 479 cm³/mol. The van der Waals surface area contributed by atoms with Crippen LogP contribution in [0.4, 0.5) is 17.1 Å². The van der Waals surface area contributed by atoms with Crippen LogP contribution in [0.3, 0.4) is 0 Å². The third-order valence-corrected chi connectivity index (χ3v) is 25.6. The number of nitrogens with one attached hydrogen (secondary N) is 3. The number of amides is 3. The summed E-state index contributed by atoms with van der Waals surface area (Å²) < 4.78 is 28.1. The van der Waals surface area contributed by atoms with E-state index in [9.17, 15) is 14.4 Å². The molecule has 6 aliphatic heterocycles. The van der Waals surface area contributed by atoms with E-state index in [1.165, 1.54) is 14.6 Å². The van der Waals surface area contributed by atoms with Crippen molar-refractivity contribution in [2.24, 2.45) is 30.4 Å². The van der Waals surface area contributed by atoms with Gasteiger partial charge in [0, 0.05) is 121 Å².